The number of carbonyl (C=O) groups excluding carboxylic acids is 1. The molecular weight excluding hydrogens is 340 g/mol. The van der Waals surface area contributed by atoms with E-state index in [9.17, 15) is 4.79 Å². The highest BCUT2D eigenvalue weighted by Gasteiger charge is 2.09. The second-order valence-corrected chi connectivity index (χ2v) is 5.74. The Labute approximate surface area is 158 Å². The van der Waals surface area contributed by atoms with Gasteiger partial charge in [-0.05, 0) is 47.5 Å². The van der Waals surface area contributed by atoms with Gasteiger partial charge in [-0.1, -0.05) is 42.5 Å². The van der Waals surface area contributed by atoms with Gasteiger partial charge in [0, 0.05) is 0 Å². The minimum atomic E-state index is -0.327. The van der Waals surface area contributed by atoms with Crippen LogP contribution in [0, 0.1) is 0 Å². The summed E-state index contributed by atoms with van der Waals surface area (Å²) in [5.41, 5.74) is 4.90. The topological polar surface area (TPSA) is 59.9 Å². The van der Waals surface area contributed by atoms with Crippen molar-refractivity contribution >= 4 is 12.1 Å². The van der Waals surface area contributed by atoms with Crippen LogP contribution in [-0.4, -0.2) is 19.2 Å². The van der Waals surface area contributed by atoms with Crippen LogP contribution in [0.3, 0.4) is 0 Å². The Morgan fingerprint density at radius 3 is 2.41 bits per heavy atom. The molecule has 27 heavy (non-hydrogen) atoms. The van der Waals surface area contributed by atoms with Gasteiger partial charge in [0.25, 0.3) is 5.91 Å². The molecule has 0 aliphatic rings. The molecule has 0 unspecified atom stereocenters. The SMILES string of the molecule is COc1ccccc1C(=O)NN=Cc1ccc(OCc2ccccc2)cc1. The van der Waals surface area contributed by atoms with Crippen molar-refractivity contribution in [1.29, 1.82) is 0 Å². The number of rotatable bonds is 7. The number of benzene rings is 3. The Morgan fingerprint density at radius 1 is 0.963 bits per heavy atom. The Bertz CT molecular complexity index is 906. The molecule has 136 valence electrons. The van der Waals surface area contributed by atoms with E-state index < -0.39 is 0 Å². The monoisotopic (exact) mass is 360 g/mol. The van der Waals surface area contributed by atoms with Gasteiger partial charge in [-0.2, -0.15) is 5.10 Å². The van der Waals surface area contributed by atoms with Crippen molar-refractivity contribution in [2.75, 3.05) is 7.11 Å². The number of ether oxygens (including phenoxy) is 2. The van der Waals surface area contributed by atoms with Crippen LogP contribution in [0.2, 0.25) is 0 Å². The average Bonchev–Trinajstić information content (AvgIpc) is 2.73. The van der Waals surface area contributed by atoms with Crippen LogP contribution in [0.5, 0.6) is 11.5 Å². The first-order valence-corrected chi connectivity index (χ1v) is 8.49. The van der Waals surface area contributed by atoms with Gasteiger partial charge in [0.05, 0.1) is 18.9 Å². The predicted molar refractivity (Wildman–Crippen MR) is 105 cm³/mol. The van der Waals surface area contributed by atoms with Gasteiger partial charge in [-0.25, -0.2) is 5.43 Å². The van der Waals surface area contributed by atoms with Crippen LogP contribution < -0.4 is 14.9 Å². The first-order valence-electron chi connectivity index (χ1n) is 8.49. The maximum atomic E-state index is 12.2. The van der Waals surface area contributed by atoms with E-state index in [-0.39, 0.29) is 5.91 Å². The van der Waals surface area contributed by atoms with Gasteiger partial charge in [-0.3, -0.25) is 4.79 Å². The zero-order valence-corrected chi connectivity index (χ0v) is 15.0. The van der Waals surface area contributed by atoms with Crippen LogP contribution in [0.4, 0.5) is 0 Å². The summed E-state index contributed by atoms with van der Waals surface area (Å²) in [5.74, 6) is 0.950. The van der Waals surface area contributed by atoms with Gasteiger partial charge in [0.2, 0.25) is 0 Å². The summed E-state index contributed by atoms with van der Waals surface area (Å²) in [5, 5.41) is 4.00. The summed E-state index contributed by atoms with van der Waals surface area (Å²) >= 11 is 0. The largest absolute Gasteiger partial charge is 0.496 e. The molecule has 1 N–H and O–H groups in total. The second-order valence-electron chi connectivity index (χ2n) is 5.74. The van der Waals surface area contributed by atoms with Crippen molar-refractivity contribution in [3.63, 3.8) is 0 Å². The zero-order chi connectivity index (χ0) is 18.9. The molecule has 0 bridgehead atoms. The number of nitrogens with zero attached hydrogens (tertiary/aromatic N) is 1. The highest BCUT2D eigenvalue weighted by Crippen LogP contribution is 2.17. The third kappa shape index (κ3) is 5.19. The summed E-state index contributed by atoms with van der Waals surface area (Å²) in [4.78, 5) is 12.2. The summed E-state index contributed by atoms with van der Waals surface area (Å²) < 4.78 is 10.9. The summed E-state index contributed by atoms with van der Waals surface area (Å²) in [6, 6.07) is 24.5. The van der Waals surface area contributed by atoms with Crippen molar-refractivity contribution in [2.24, 2.45) is 5.10 Å². The zero-order valence-electron chi connectivity index (χ0n) is 15.0. The Balaban J connectivity index is 1.54. The molecule has 3 rings (SSSR count). The van der Waals surface area contributed by atoms with E-state index in [4.69, 9.17) is 9.47 Å². The molecule has 5 heteroatoms. The van der Waals surface area contributed by atoms with Gasteiger partial charge >= 0.3 is 0 Å². The minimum absolute atomic E-state index is 0.327. The lowest BCUT2D eigenvalue weighted by atomic mass is 10.2. The molecule has 0 fully saturated rings. The maximum absolute atomic E-state index is 12.2. The van der Waals surface area contributed by atoms with Crippen LogP contribution >= 0.6 is 0 Å². The molecule has 0 saturated carbocycles. The van der Waals surface area contributed by atoms with Crippen LogP contribution in [-0.2, 0) is 6.61 Å². The predicted octanol–water partition coefficient (Wildman–Crippen LogP) is 4.04. The molecule has 3 aromatic carbocycles. The van der Waals surface area contributed by atoms with Gasteiger partial charge < -0.3 is 9.47 Å². The average molecular weight is 360 g/mol. The van der Waals surface area contributed by atoms with E-state index in [0.717, 1.165) is 16.9 Å². The summed E-state index contributed by atoms with van der Waals surface area (Å²) in [7, 11) is 1.52. The molecule has 0 radical (unpaired) electrons. The lowest BCUT2D eigenvalue weighted by Gasteiger charge is -2.07. The number of amides is 1. The number of nitrogens with one attached hydrogen (secondary N) is 1. The fourth-order valence-electron chi connectivity index (χ4n) is 2.45. The molecule has 5 nitrogen and oxygen atoms in total. The summed E-state index contributed by atoms with van der Waals surface area (Å²) in [6.45, 7) is 0.517. The molecule has 0 aliphatic heterocycles. The number of methoxy groups -OCH3 is 1. The third-order valence-electron chi connectivity index (χ3n) is 3.86. The Kier molecular flexibility index (Phi) is 6.20. The molecular formula is C22H20N2O3. The lowest BCUT2D eigenvalue weighted by molar-refractivity contribution is 0.0952. The van der Waals surface area contributed by atoms with Crippen molar-refractivity contribution in [2.45, 2.75) is 6.61 Å². The third-order valence-corrected chi connectivity index (χ3v) is 3.86. The molecule has 3 aromatic rings. The minimum Gasteiger partial charge on any atom is -0.496 e. The molecule has 0 atom stereocenters. The van der Waals surface area contributed by atoms with E-state index >= 15 is 0 Å². The quantitative estimate of drug-likeness (QED) is 0.511. The smallest absolute Gasteiger partial charge is 0.275 e. The van der Waals surface area contributed by atoms with Crippen molar-refractivity contribution < 1.29 is 14.3 Å². The Hall–Kier alpha value is -3.60. The van der Waals surface area contributed by atoms with E-state index in [1.165, 1.54) is 7.11 Å². The van der Waals surface area contributed by atoms with Gasteiger partial charge in [0.15, 0.2) is 0 Å². The van der Waals surface area contributed by atoms with E-state index in [1.807, 2.05) is 54.6 Å². The molecule has 0 aliphatic carbocycles. The van der Waals surface area contributed by atoms with Gasteiger partial charge in [0.1, 0.15) is 18.1 Å². The van der Waals surface area contributed by atoms with E-state index in [0.29, 0.717) is 17.9 Å². The highest BCUT2D eigenvalue weighted by atomic mass is 16.5. The first-order chi connectivity index (χ1) is 13.3. The summed E-state index contributed by atoms with van der Waals surface area (Å²) in [6.07, 6.45) is 1.58. The fraction of sp³-hybridized carbons (Fsp3) is 0.0909. The van der Waals surface area contributed by atoms with Crippen molar-refractivity contribution in [3.05, 3.63) is 95.6 Å². The molecule has 0 heterocycles. The van der Waals surface area contributed by atoms with E-state index in [1.54, 1.807) is 30.5 Å². The number of hydrogen-bond donors (Lipinski definition) is 1. The lowest BCUT2D eigenvalue weighted by Crippen LogP contribution is -2.18. The van der Waals surface area contributed by atoms with Crippen molar-refractivity contribution in [3.8, 4) is 11.5 Å². The standard InChI is InChI=1S/C22H20N2O3/c1-26-21-10-6-5-9-20(21)22(25)24-23-15-17-11-13-19(14-12-17)27-16-18-7-3-2-4-8-18/h2-15H,16H2,1H3,(H,24,25). The van der Waals surface area contributed by atoms with Crippen LogP contribution in [0.15, 0.2) is 84.0 Å². The molecule has 0 saturated heterocycles. The highest BCUT2D eigenvalue weighted by molar-refractivity contribution is 5.97. The Morgan fingerprint density at radius 2 is 1.67 bits per heavy atom. The normalized spacial score (nSPS) is 10.6. The number of hydrazone groups is 1. The second kappa shape index (κ2) is 9.20. The number of para-hydroxylation sites is 1. The molecule has 1 amide bonds. The molecule has 0 aromatic heterocycles. The molecule has 0 spiro atoms. The maximum Gasteiger partial charge on any atom is 0.275 e. The van der Waals surface area contributed by atoms with Crippen molar-refractivity contribution in [1.82, 2.24) is 5.43 Å². The number of hydrogen-bond acceptors (Lipinski definition) is 4. The first kappa shape index (κ1) is 18.2. The van der Waals surface area contributed by atoms with Gasteiger partial charge in [-0.15, -0.1) is 0 Å². The fourth-order valence-corrected chi connectivity index (χ4v) is 2.45. The van der Waals surface area contributed by atoms with Crippen LogP contribution in [0.25, 0.3) is 0 Å². The van der Waals surface area contributed by atoms with E-state index in [2.05, 4.69) is 10.5 Å². The number of carbonyl (C=O) groups is 1. The van der Waals surface area contributed by atoms with Crippen LogP contribution in [0.1, 0.15) is 21.5 Å².